The van der Waals surface area contributed by atoms with Crippen molar-refractivity contribution in [3.8, 4) is 0 Å². The Morgan fingerprint density at radius 2 is 2.00 bits per heavy atom. The van der Waals surface area contributed by atoms with Crippen molar-refractivity contribution in [2.75, 3.05) is 11.4 Å². The van der Waals surface area contributed by atoms with Crippen LogP contribution in [0.5, 0.6) is 0 Å². The summed E-state index contributed by atoms with van der Waals surface area (Å²) in [6.45, 7) is 4.03. The van der Waals surface area contributed by atoms with Crippen LogP contribution in [-0.4, -0.2) is 30.2 Å². The number of carbonyl (C=O) groups is 3. The highest BCUT2D eigenvalue weighted by Crippen LogP contribution is 2.33. The molecule has 0 aromatic heterocycles. The van der Waals surface area contributed by atoms with Gasteiger partial charge in [-0.05, 0) is 43.9 Å². The van der Waals surface area contributed by atoms with Crippen molar-refractivity contribution in [2.24, 2.45) is 0 Å². The molecule has 1 aliphatic heterocycles. The van der Waals surface area contributed by atoms with Gasteiger partial charge in [-0.3, -0.25) is 14.4 Å². The Balaban J connectivity index is 1.78. The number of hydrogen-bond acceptors (Lipinski definition) is 3. The molecule has 1 heterocycles. The van der Waals surface area contributed by atoms with Gasteiger partial charge in [0.25, 0.3) is 11.7 Å². The van der Waals surface area contributed by atoms with Crippen molar-refractivity contribution in [1.29, 1.82) is 0 Å². The van der Waals surface area contributed by atoms with Gasteiger partial charge in [0.05, 0.1) is 11.3 Å². The van der Waals surface area contributed by atoms with E-state index >= 15 is 0 Å². The third-order valence-corrected chi connectivity index (χ3v) is 3.90. The number of nitrogens with one attached hydrogen (secondary N) is 1. The fourth-order valence-electron chi connectivity index (χ4n) is 2.78. The number of hydrogen-bond donors (Lipinski definition) is 1. The molecule has 1 aromatic rings. The van der Waals surface area contributed by atoms with Gasteiger partial charge in [-0.1, -0.05) is 6.07 Å². The molecular formula is C16H18N2O3. The van der Waals surface area contributed by atoms with Gasteiger partial charge in [-0.2, -0.15) is 0 Å². The first-order chi connectivity index (χ1) is 9.97. The van der Waals surface area contributed by atoms with E-state index in [9.17, 15) is 14.4 Å². The summed E-state index contributed by atoms with van der Waals surface area (Å²) in [5, 5.41) is 2.89. The summed E-state index contributed by atoms with van der Waals surface area (Å²) < 4.78 is 0. The first kappa shape index (κ1) is 13.8. The molecule has 1 N–H and O–H groups in total. The van der Waals surface area contributed by atoms with Crippen LogP contribution < -0.4 is 10.2 Å². The average molecular weight is 286 g/mol. The lowest BCUT2D eigenvalue weighted by Gasteiger charge is -2.18. The molecule has 5 nitrogen and oxygen atoms in total. The molecule has 1 fully saturated rings. The van der Waals surface area contributed by atoms with Crippen molar-refractivity contribution >= 4 is 23.3 Å². The standard InChI is InChI=1S/C16H18N2O3/c1-9-7-10(2)14-12(8-9)15(20)16(21)18(14)6-5-13(19)17-11-3-4-11/h7-8,11H,3-6H2,1-2H3,(H,17,19). The second-order valence-corrected chi connectivity index (χ2v) is 5.86. The van der Waals surface area contributed by atoms with E-state index in [2.05, 4.69) is 5.32 Å². The van der Waals surface area contributed by atoms with Crippen LogP contribution in [0, 0.1) is 13.8 Å². The lowest BCUT2D eigenvalue weighted by Crippen LogP contribution is -2.35. The van der Waals surface area contributed by atoms with Gasteiger partial charge in [0, 0.05) is 19.0 Å². The molecule has 21 heavy (non-hydrogen) atoms. The summed E-state index contributed by atoms with van der Waals surface area (Å²) in [6.07, 6.45) is 2.30. The highest BCUT2D eigenvalue weighted by molar-refractivity contribution is 6.52. The molecule has 5 heteroatoms. The summed E-state index contributed by atoms with van der Waals surface area (Å²) in [5.41, 5.74) is 2.97. The smallest absolute Gasteiger partial charge is 0.299 e. The quantitative estimate of drug-likeness (QED) is 0.853. The van der Waals surface area contributed by atoms with Crippen LogP contribution in [0.4, 0.5) is 5.69 Å². The fourth-order valence-corrected chi connectivity index (χ4v) is 2.78. The van der Waals surface area contributed by atoms with Crippen molar-refractivity contribution in [3.05, 3.63) is 28.8 Å². The number of ketones is 1. The molecule has 1 saturated carbocycles. The molecule has 2 aliphatic rings. The minimum atomic E-state index is -0.530. The van der Waals surface area contributed by atoms with Gasteiger partial charge < -0.3 is 10.2 Å². The van der Waals surface area contributed by atoms with E-state index in [1.807, 2.05) is 19.9 Å². The Morgan fingerprint density at radius 1 is 1.29 bits per heavy atom. The number of carbonyl (C=O) groups excluding carboxylic acids is 3. The third kappa shape index (κ3) is 2.55. The Labute approximate surface area is 123 Å². The van der Waals surface area contributed by atoms with E-state index in [-0.39, 0.29) is 18.9 Å². The maximum absolute atomic E-state index is 12.1. The Morgan fingerprint density at radius 3 is 2.67 bits per heavy atom. The molecule has 3 rings (SSSR count). The first-order valence-corrected chi connectivity index (χ1v) is 7.24. The van der Waals surface area contributed by atoms with Crippen molar-refractivity contribution in [2.45, 2.75) is 39.2 Å². The molecule has 0 bridgehead atoms. The molecular weight excluding hydrogens is 268 g/mol. The van der Waals surface area contributed by atoms with E-state index in [0.717, 1.165) is 24.0 Å². The maximum Gasteiger partial charge on any atom is 0.299 e. The van der Waals surface area contributed by atoms with E-state index < -0.39 is 11.7 Å². The van der Waals surface area contributed by atoms with E-state index in [1.165, 1.54) is 4.90 Å². The molecule has 0 radical (unpaired) electrons. The predicted molar refractivity (Wildman–Crippen MR) is 78.4 cm³/mol. The van der Waals surface area contributed by atoms with Gasteiger partial charge >= 0.3 is 0 Å². The first-order valence-electron chi connectivity index (χ1n) is 7.24. The minimum Gasteiger partial charge on any atom is -0.353 e. The van der Waals surface area contributed by atoms with Crippen molar-refractivity contribution in [3.63, 3.8) is 0 Å². The number of Topliss-reactive ketones (excluding diaryl/α,β-unsaturated/α-hetero) is 1. The molecule has 1 aromatic carbocycles. The molecule has 0 atom stereocenters. The van der Waals surface area contributed by atoms with Gasteiger partial charge in [0.1, 0.15) is 0 Å². The van der Waals surface area contributed by atoms with E-state index in [4.69, 9.17) is 0 Å². The summed E-state index contributed by atoms with van der Waals surface area (Å²) in [5.74, 6) is -1.06. The van der Waals surface area contributed by atoms with Crippen LogP contribution in [0.25, 0.3) is 0 Å². The number of aryl methyl sites for hydroxylation is 2. The number of rotatable bonds is 4. The van der Waals surface area contributed by atoms with Crippen molar-refractivity contribution < 1.29 is 14.4 Å². The molecule has 110 valence electrons. The van der Waals surface area contributed by atoms with Crippen LogP contribution in [0.2, 0.25) is 0 Å². The molecule has 0 spiro atoms. The van der Waals surface area contributed by atoms with Crippen LogP contribution in [-0.2, 0) is 9.59 Å². The number of fused-ring (bicyclic) bond motifs is 1. The van der Waals surface area contributed by atoms with Crippen LogP contribution in [0.15, 0.2) is 12.1 Å². The maximum atomic E-state index is 12.1. The number of nitrogens with zero attached hydrogens (tertiary/aromatic N) is 1. The van der Waals surface area contributed by atoms with Gasteiger partial charge in [0.2, 0.25) is 5.91 Å². The SMILES string of the molecule is Cc1cc(C)c2c(c1)C(=O)C(=O)N2CCC(=O)NC1CC1. The molecule has 1 aliphatic carbocycles. The summed E-state index contributed by atoms with van der Waals surface area (Å²) in [4.78, 5) is 37.4. The minimum absolute atomic E-state index is 0.0593. The highest BCUT2D eigenvalue weighted by Gasteiger charge is 2.37. The summed E-state index contributed by atoms with van der Waals surface area (Å²) in [6, 6.07) is 4.00. The van der Waals surface area contributed by atoms with Gasteiger partial charge in [-0.25, -0.2) is 0 Å². The fraction of sp³-hybridized carbons (Fsp3) is 0.438. The molecule has 2 amide bonds. The number of amides is 2. The second kappa shape index (κ2) is 4.98. The summed E-state index contributed by atoms with van der Waals surface area (Å²) >= 11 is 0. The summed E-state index contributed by atoms with van der Waals surface area (Å²) in [7, 11) is 0. The predicted octanol–water partition coefficient (Wildman–Crippen LogP) is 1.50. The number of anilines is 1. The average Bonchev–Trinajstić information content (AvgIpc) is 3.18. The van der Waals surface area contributed by atoms with Gasteiger partial charge in [-0.15, -0.1) is 0 Å². The molecule has 0 unspecified atom stereocenters. The second-order valence-electron chi connectivity index (χ2n) is 5.86. The van der Waals surface area contributed by atoms with Crippen LogP contribution in [0.3, 0.4) is 0 Å². The zero-order valence-electron chi connectivity index (χ0n) is 12.2. The normalized spacial score (nSPS) is 17.1. The van der Waals surface area contributed by atoms with Gasteiger partial charge in [0.15, 0.2) is 0 Å². The Bertz CT molecular complexity index is 647. The third-order valence-electron chi connectivity index (χ3n) is 3.90. The zero-order valence-corrected chi connectivity index (χ0v) is 12.2. The van der Waals surface area contributed by atoms with Crippen molar-refractivity contribution in [1.82, 2.24) is 5.32 Å². The van der Waals surface area contributed by atoms with E-state index in [0.29, 0.717) is 17.3 Å². The Kier molecular flexibility index (Phi) is 3.27. The van der Waals surface area contributed by atoms with Crippen LogP contribution in [0.1, 0.15) is 40.7 Å². The molecule has 0 saturated heterocycles. The lowest BCUT2D eigenvalue weighted by molar-refractivity contribution is -0.121. The monoisotopic (exact) mass is 286 g/mol. The number of benzene rings is 1. The highest BCUT2D eigenvalue weighted by atomic mass is 16.2. The Hall–Kier alpha value is -2.17. The lowest BCUT2D eigenvalue weighted by atomic mass is 10.0. The van der Waals surface area contributed by atoms with E-state index in [1.54, 1.807) is 6.07 Å². The zero-order chi connectivity index (χ0) is 15.1. The van der Waals surface area contributed by atoms with Crippen LogP contribution >= 0.6 is 0 Å². The topological polar surface area (TPSA) is 66.5 Å². The largest absolute Gasteiger partial charge is 0.353 e.